The van der Waals surface area contributed by atoms with Gasteiger partial charge in [-0.25, -0.2) is 0 Å². The van der Waals surface area contributed by atoms with Crippen LogP contribution in [0, 0.1) is 6.92 Å². The molecule has 0 aliphatic carbocycles. The lowest BCUT2D eigenvalue weighted by atomic mass is 10.1. The molecule has 1 heterocycles. The summed E-state index contributed by atoms with van der Waals surface area (Å²) in [4.78, 5) is 11.3. The molecule has 2 rings (SSSR count). The van der Waals surface area contributed by atoms with Crippen LogP contribution in [0.1, 0.15) is 16.2 Å². The molecule has 0 aliphatic rings. The predicted octanol–water partition coefficient (Wildman–Crippen LogP) is 2.48. The van der Waals surface area contributed by atoms with Gasteiger partial charge in [-0.05, 0) is 19.1 Å². The second kappa shape index (κ2) is 5.18. The lowest BCUT2D eigenvalue weighted by molar-refractivity contribution is 0.0985. The summed E-state index contributed by atoms with van der Waals surface area (Å²) >= 11 is 5.42. The number of carbonyl (C=O) groups excluding carboxylic acids is 1. The number of nitrogens with zero attached hydrogens (tertiary/aromatic N) is 2. The Morgan fingerprint density at radius 3 is 2.89 bits per heavy atom. The molecule has 0 amide bonds. The lowest BCUT2D eigenvalue weighted by Crippen LogP contribution is -1.99. The van der Waals surface area contributed by atoms with Gasteiger partial charge >= 0.3 is 0 Å². The van der Waals surface area contributed by atoms with Crippen molar-refractivity contribution in [2.24, 2.45) is 0 Å². The van der Waals surface area contributed by atoms with E-state index in [4.69, 9.17) is 20.8 Å². The molecule has 1 aromatic heterocycles. The van der Waals surface area contributed by atoms with Gasteiger partial charge in [-0.2, -0.15) is 0 Å². The molecular weight excluding hydrogens is 256 g/mol. The molecule has 0 unspecified atom stereocenters. The molecular formula is C12H11ClN2O3. The number of carbonyl (C=O) groups is 1. The summed E-state index contributed by atoms with van der Waals surface area (Å²) < 4.78 is 10.5. The van der Waals surface area contributed by atoms with Crippen molar-refractivity contribution in [1.82, 2.24) is 10.2 Å². The fourth-order valence-corrected chi connectivity index (χ4v) is 1.61. The largest absolute Gasteiger partial charge is 0.496 e. The minimum atomic E-state index is -0.401. The molecule has 0 N–H and O–H groups in total. The smallest absolute Gasteiger partial charge is 0.285 e. The van der Waals surface area contributed by atoms with E-state index in [2.05, 4.69) is 10.2 Å². The maximum atomic E-state index is 11.3. The quantitative estimate of drug-likeness (QED) is 0.628. The van der Waals surface area contributed by atoms with E-state index in [1.165, 1.54) is 0 Å². The fraction of sp³-hybridized carbons (Fsp3) is 0.250. The van der Waals surface area contributed by atoms with Crippen LogP contribution in [0.5, 0.6) is 5.75 Å². The number of ether oxygens (including phenoxy) is 1. The van der Waals surface area contributed by atoms with E-state index in [9.17, 15) is 4.79 Å². The van der Waals surface area contributed by atoms with Crippen molar-refractivity contribution in [1.29, 1.82) is 0 Å². The molecule has 0 aliphatic heterocycles. The van der Waals surface area contributed by atoms with Crippen LogP contribution in [-0.4, -0.2) is 29.0 Å². The zero-order valence-electron chi connectivity index (χ0n) is 9.94. The van der Waals surface area contributed by atoms with E-state index in [1.807, 2.05) is 19.1 Å². The molecule has 2 aromatic rings. The Kier molecular flexibility index (Phi) is 3.62. The van der Waals surface area contributed by atoms with Gasteiger partial charge in [0.1, 0.15) is 5.75 Å². The van der Waals surface area contributed by atoms with Crippen molar-refractivity contribution in [2.75, 3.05) is 13.0 Å². The van der Waals surface area contributed by atoms with E-state index in [0.29, 0.717) is 11.3 Å². The van der Waals surface area contributed by atoms with Gasteiger partial charge in [0.15, 0.2) is 0 Å². The Morgan fingerprint density at radius 1 is 1.44 bits per heavy atom. The molecule has 0 atom stereocenters. The van der Waals surface area contributed by atoms with Gasteiger partial charge in [0.2, 0.25) is 5.78 Å². The van der Waals surface area contributed by atoms with Crippen LogP contribution in [0.15, 0.2) is 22.6 Å². The van der Waals surface area contributed by atoms with Gasteiger partial charge < -0.3 is 9.15 Å². The van der Waals surface area contributed by atoms with Crippen molar-refractivity contribution >= 4 is 17.4 Å². The van der Waals surface area contributed by atoms with Crippen molar-refractivity contribution in [2.45, 2.75) is 6.92 Å². The SMILES string of the molecule is COc1ccc(C)cc1-c1nnc(C(=O)CCl)o1. The first kappa shape index (κ1) is 12.6. The summed E-state index contributed by atoms with van der Waals surface area (Å²) in [5.41, 5.74) is 1.67. The number of aryl methyl sites for hydroxylation is 1. The van der Waals surface area contributed by atoms with Crippen LogP contribution in [0.4, 0.5) is 0 Å². The summed E-state index contributed by atoms with van der Waals surface area (Å²) in [7, 11) is 1.55. The number of rotatable bonds is 4. The van der Waals surface area contributed by atoms with Crippen LogP contribution < -0.4 is 4.74 Å². The molecule has 0 spiro atoms. The van der Waals surface area contributed by atoms with E-state index in [-0.39, 0.29) is 17.7 Å². The number of benzene rings is 1. The second-order valence-electron chi connectivity index (χ2n) is 3.67. The Labute approximate surface area is 109 Å². The summed E-state index contributed by atoms with van der Waals surface area (Å²) in [6, 6.07) is 5.56. The zero-order valence-corrected chi connectivity index (χ0v) is 10.7. The van der Waals surface area contributed by atoms with Crippen molar-refractivity contribution in [3.05, 3.63) is 29.7 Å². The minimum Gasteiger partial charge on any atom is -0.496 e. The number of halogens is 1. The first-order valence-corrected chi connectivity index (χ1v) is 5.77. The standard InChI is InChI=1S/C12H11ClN2O3/c1-7-3-4-10(17-2)8(5-7)11-14-15-12(18-11)9(16)6-13/h3-5H,6H2,1-2H3. The maximum absolute atomic E-state index is 11.3. The number of hydrogen-bond acceptors (Lipinski definition) is 5. The summed E-state index contributed by atoms with van der Waals surface area (Å²) in [5.74, 6) is 0.163. The summed E-state index contributed by atoms with van der Waals surface area (Å²) in [5, 5.41) is 7.49. The van der Waals surface area contributed by atoms with E-state index < -0.39 is 5.78 Å². The molecule has 5 nitrogen and oxygen atoms in total. The maximum Gasteiger partial charge on any atom is 0.285 e. The van der Waals surface area contributed by atoms with Gasteiger partial charge in [0, 0.05) is 0 Å². The molecule has 0 bridgehead atoms. The number of hydrogen-bond donors (Lipinski definition) is 0. The highest BCUT2D eigenvalue weighted by atomic mass is 35.5. The molecule has 0 radical (unpaired) electrons. The van der Waals surface area contributed by atoms with Gasteiger partial charge in [-0.15, -0.1) is 21.8 Å². The number of alkyl halides is 1. The van der Waals surface area contributed by atoms with Gasteiger partial charge in [-0.1, -0.05) is 11.6 Å². The topological polar surface area (TPSA) is 65.2 Å². The van der Waals surface area contributed by atoms with Crippen molar-refractivity contribution < 1.29 is 13.9 Å². The van der Waals surface area contributed by atoms with Crippen LogP contribution >= 0.6 is 11.6 Å². The van der Waals surface area contributed by atoms with E-state index in [1.54, 1.807) is 13.2 Å². The Hall–Kier alpha value is -1.88. The van der Waals surface area contributed by atoms with Crippen molar-refractivity contribution in [3.63, 3.8) is 0 Å². The normalized spacial score (nSPS) is 10.4. The monoisotopic (exact) mass is 266 g/mol. The Bertz CT molecular complexity index is 580. The van der Waals surface area contributed by atoms with E-state index in [0.717, 1.165) is 5.56 Å². The molecule has 0 saturated carbocycles. The molecule has 18 heavy (non-hydrogen) atoms. The van der Waals surface area contributed by atoms with Crippen LogP contribution in [0.3, 0.4) is 0 Å². The average Bonchev–Trinajstić information content (AvgIpc) is 2.87. The number of Topliss-reactive ketones (excluding diaryl/α,β-unsaturated/α-hetero) is 1. The highest BCUT2D eigenvalue weighted by Gasteiger charge is 2.17. The van der Waals surface area contributed by atoms with Crippen LogP contribution in [-0.2, 0) is 0 Å². The Morgan fingerprint density at radius 2 is 2.22 bits per heavy atom. The van der Waals surface area contributed by atoms with Crippen LogP contribution in [0.2, 0.25) is 0 Å². The summed E-state index contributed by atoms with van der Waals surface area (Å²) in [6.45, 7) is 1.93. The van der Waals surface area contributed by atoms with Gasteiger partial charge in [-0.3, -0.25) is 4.79 Å². The lowest BCUT2D eigenvalue weighted by Gasteiger charge is -2.05. The third-order valence-electron chi connectivity index (χ3n) is 2.37. The predicted molar refractivity (Wildman–Crippen MR) is 66.1 cm³/mol. The first-order valence-electron chi connectivity index (χ1n) is 5.23. The highest BCUT2D eigenvalue weighted by Crippen LogP contribution is 2.29. The zero-order chi connectivity index (χ0) is 13.1. The molecule has 6 heteroatoms. The van der Waals surface area contributed by atoms with Gasteiger partial charge in [0.05, 0.1) is 18.6 Å². The van der Waals surface area contributed by atoms with Gasteiger partial charge in [0.25, 0.3) is 11.8 Å². The average molecular weight is 267 g/mol. The second-order valence-corrected chi connectivity index (χ2v) is 3.94. The molecule has 0 saturated heterocycles. The Balaban J connectivity index is 2.45. The fourth-order valence-electron chi connectivity index (χ4n) is 1.49. The number of methoxy groups -OCH3 is 1. The summed E-state index contributed by atoms with van der Waals surface area (Å²) in [6.07, 6.45) is 0. The van der Waals surface area contributed by atoms with E-state index >= 15 is 0 Å². The third-order valence-corrected chi connectivity index (χ3v) is 2.61. The minimum absolute atomic E-state index is 0.0939. The highest BCUT2D eigenvalue weighted by molar-refractivity contribution is 6.29. The first-order chi connectivity index (χ1) is 8.65. The third kappa shape index (κ3) is 2.36. The van der Waals surface area contributed by atoms with Crippen LogP contribution in [0.25, 0.3) is 11.5 Å². The number of aromatic nitrogens is 2. The molecule has 1 aromatic carbocycles. The number of ketones is 1. The van der Waals surface area contributed by atoms with Crippen molar-refractivity contribution in [3.8, 4) is 17.2 Å². The molecule has 0 fully saturated rings. The molecule has 94 valence electrons.